The van der Waals surface area contributed by atoms with Crippen molar-refractivity contribution >= 4 is 39.2 Å². The molecule has 1 saturated carbocycles. The molecule has 0 spiro atoms. The second-order valence-electron chi connectivity index (χ2n) is 5.83. The zero-order valence-corrected chi connectivity index (χ0v) is 15.0. The Kier molecular flexibility index (Phi) is 5.06. The molecule has 23 heavy (non-hydrogen) atoms. The first-order valence-electron chi connectivity index (χ1n) is 8.05. The van der Waals surface area contributed by atoms with Gasteiger partial charge < -0.3 is 5.32 Å². The molecule has 1 fully saturated rings. The van der Waals surface area contributed by atoms with E-state index in [0.29, 0.717) is 22.4 Å². The van der Waals surface area contributed by atoms with Gasteiger partial charge in [0.25, 0.3) is 5.56 Å². The number of hydrogen-bond acceptors (Lipinski definition) is 5. The molecule has 2 aromatic heterocycles. The Bertz CT molecular complexity index is 762. The van der Waals surface area contributed by atoms with Crippen LogP contribution in [0.15, 0.2) is 21.4 Å². The van der Waals surface area contributed by atoms with Crippen LogP contribution in [0.1, 0.15) is 39.5 Å². The molecule has 1 aliphatic rings. The van der Waals surface area contributed by atoms with E-state index in [9.17, 15) is 9.59 Å². The van der Waals surface area contributed by atoms with Gasteiger partial charge in [0, 0.05) is 12.6 Å². The van der Waals surface area contributed by atoms with E-state index in [2.05, 4.69) is 10.3 Å². The first-order chi connectivity index (χ1) is 11.1. The topological polar surface area (TPSA) is 64.0 Å². The van der Waals surface area contributed by atoms with Crippen LogP contribution in [0.3, 0.4) is 0 Å². The lowest BCUT2D eigenvalue weighted by Crippen LogP contribution is -2.38. The third-order valence-corrected chi connectivity index (χ3v) is 6.18. The summed E-state index contributed by atoms with van der Waals surface area (Å²) < 4.78 is 2.34. The molecule has 1 atom stereocenters. The van der Waals surface area contributed by atoms with Crippen LogP contribution in [-0.4, -0.2) is 26.8 Å². The second-order valence-corrected chi connectivity index (χ2v) is 8.05. The van der Waals surface area contributed by atoms with Gasteiger partial charge in [0.15, 0.2) is 5.16 Å². The molecular formula is C16H21N3O2S2. The monoisotopic (exact) mass is 351 g/mol. The number of amides is 1. The van der Waals surface area contributed by atoms with Crippen LogP contribution in [-0.2, 0) is 11.3 Å². The summed E-state index contributed by atoms with van der Waals surface area (Å²) in [5.41, 5.74) is 0.703. The fourth-order valence-electron chi connectivity index (χ4n) is 2.89. The normalized spacial score (nSPS) is 16.8. The van der Waals surface area contributed by atoms with Crippen LogP contribution in [0.25, 0.3) is 10.2 Å². The zero-order chi connectivity index (χ0) is 16.4. The third kappa shape index (κ3) is 3.45. The summed E-state index contributed by atoms with van der Waals surface area (Å²) >= 11 is 2.78. The average molecular weight is 351 g/mol. The maximum absolute atomic E-state index is 12.5. The van der Waals surface area contributed by atoms with Crippen molar-refractivity contribution in [1.82, 2.24) is 14.9 Å². The Hall–Kier alpha value is -1.34. The van der Waals surface area contributed by atoms with E-state index in [0.717, 1.165) is 18.4 Å². The molecule has 3 rings (SSSR count). The van der Waals surface area contributed by atoms with Crippen molar-refractivity contribution in [3.05, 3.63) is 21.8 Å². The summed E-state index contributed by atoms with van der Waals surface area (Å²) in [6, 6.07) is 2.17. The Morgan fingerprint density at radius 2 is 2.26 bits per heavy atom. The summed E-state index contributed by atoms with van der Waals surface area (Å²) in [6.07, 6.45) is 4.53. The minimum Gasteiger partial charge on any atom is -0.352 e. The van der Waals surface area contributed by atoms with Gasteiger partial charge in [-0.2, -0.15) is 0 Å². The minimum absolute atomic E-state index is 0.0154. The lowest BCUT2D eigenvalue weighted by Gasteiger charge is -2.17. The number of hydrogen-bond donors (Lipinski definition) is 1. The smallest absolute Gasteiger partial charge is 0.272 e. The molecule has 1 N–H and O–H groups in total. The van der Waals surface area contributed by atoms with Crippen molar-refractivity contribution in [2.45, 2.75) is 62.5 Å². The lowest BCUT2D eigenvalue weighted by atomic mass is 10.2. The highest BCUT2D eigenvalue weighted by Gasteiger charge is 2.23. The van der Waals surface area contributed by atoms with Crippen molar-refractivity contribution in [3.63, 3.8) is 0 Å². The molecule has 5 nitrogen and oxygen atoms in total. The number of thiophene rings is 1. The van der Waals surface area contributed by atoms with Gasteiger partial charge >= 0.3 is 0 Å². The van der Waals surface area contributed by atoms with Gasteiger partial charge in [-0.3, -0.25) is 14.2 Å². The molecule has 0 saturated heterocycles. The molecule has 2 aromatic rings. The van der Waals surface area contributed by atoms with Gasteiger partial charge in [0.1, 0.15) is 4.70 Å². The van der Waals surface area contributed by atoms with Crippen molar-refractivity contribution in [2.75, 3.05) is 0 Å². The molecule has 1 aliphatic carbocycles. The van der Waals surface area contributed by atoms with Crippen molar-refractivity contribution in [3.8, 4) is 0 Å². The molecular weight excluding hydrogens is 330 g/mol. The van der Waals surface area contributed by atoms with Crippen LogP contribution in [0, 0.1) is 0 Å². The van der Waals surface area contributed by atoms with E-state index in [1.807, 2.05) is 25.3 Å². The molecule has 2 heterocycles. The van der Waals surface area contributed by atoms with Gasteiger partial charge in [-0.05, 0) is 38.1 Å². The molecule has 1 unspecified atom stereocenters. The number of nitrogens with one attached hydrogen (secondary N) is 1. The SMILES string of the molecule is CCn1c(SC(C)C(=O)NC2CCCC2)nc2ccsc2c1=O. The molecule has 0 aliphatic heterocycles. The van der Waals surface area contributed by atoms with Gasteiger partial charge in [-0.1, -0.05) is 24.6 Å². The fraction of sp³-hybridized carbons (Fsp3) is 0.562. The number of nitrogens with zero attached hydrogens (tertiary/aromatic N) is 2. The van der Waals surface area contributed by atoms with Crippen molar-refractivity contribution < 1.29 is 4.79 Å². The number of carbonyl (C=O) groups is 1. The average Bonchev–Trinajstić information content (AvgIpc) is 3.18. The number of rotatable bonds is 5. The van der Waals surface area contributed by atoms with Crippen LogP contribution in [0.4, 0.5) is 0 Å². The van der Waals surface area contributed by atoms with Crippen molar-refractivity contribution in [1.29, 1.82) is 0 Å². The number of aromatic nitrogens is 2. The van der Waals surface area contributed by atoms with Gasteiger partial charge in [0.2, 0.25) is 5.91 Å². The van der Waals surface area contributed by atoms with E-state index in [-0.39, 0.29) is 16.7 Å². The van der Waals surface area contributed by atoms with Gasteiger partial charge in [-0.15, -0.1) is 11.3 Å². The van der Waals surface area contributed by atoms with Crippen LogP contribution >= 0.6 is 23.1 Å². The molecule has 0 bridgehead atoms. The molecule has 124 valence electrons. The number of carbonyl (C=O) groups excluding carboxylic acids is 1. The molecule has 1 amide bonds. The number of fused-ring (bicyclic) bond motifs is 1. The van der Waals surface area contributed by atoms with E-state index < -0.39 is 0 Å². The first kappa shape index (κ1) is 16.5. The van der Waals surface area contributed by atoms with E-state index >= 15 is 0 Å². The van der Waals surface area contributed by atoms with E-state index in [1.165, 1.54) is 35.9 Å². The fourth-order valence-corrected chi connectivity index (χ4v) is 4.65. The highest BCUT2D eigenvalue weighted by Crippen LogP contribution is 2.25. The van der Waals surface area contributed by atoms with Crippen LogP contribution in [0.5, 0.6) is 0 Å². The molecule has 0 aromatic carbocycles. The Morgan fingerprint density at radius 3 is 2.96 bits per heavy atom. The van der Waals surface area contributed by atoms with E-state index in [4.69, 9.17) is 0 Å². The predicted octanol–water partition coefficient (Wildman–Crippen LogP) is 3.02. The molecule has 7 heteroatoms. The quantitative estimate of drug-likeness (QED) is 0.664. The summed E-state index contributed by atoms with van der Waals surface area (Å²) in [6.45, 7) is 4.35. The Balaban J connectivity index is 1.79. The second kappa shape index (κ2) is 7.05. The van der Waals surface area contributed by atoms with Crippen LogP contribution in [0.2, 0.25) is 0 Å². The summed E-state index contributed by atoms with van der Waals surface area (Å²) in [7, 11) is 0. The maximum Gasteiger partial charge on any atom is 0.272 e. The van der Waals surface area contributed by atoms with Crippen molar-refractivity contribution in [2.24, 2.45) is 0 Å². The minimum atomic E-state index is -0.267. The largest absolute Gasteiger partial charge is 0.352 e. The molecule has 0 radical (unpaired) electrons. The third-order valence-electron chi connectivity index (χ3n) is 4.20. The van der Waals surface area contributed by atoms with E-state index in [1.54, 1.807) is 4.57 Å². The van der Waals surface area contributed by atoms with Gasteiger partial charge in [-0.25, -0.2) is 4.98 Å². The Labute approximate surface area is 143 Å². The van der Waals surface area contributed by atoms with Crippen LogP contribution < -0.4 is 10.9 Å². The summed E-state index contributed by atoms with van der Waals surface area (Å²) in [4.78, 5) is 29.4. The lowest BCUT2D eigenvalue weighted by molar-refractivity contribution is -0.120. The Morgan fingerprint density at radius 1 is 1.52 bits per heavy atom. The number of thioether (sulfide) groups is 1. The summed E-state index contributed by atoms with van der Waals surface area (Å²) in [5, 5.41) is 5.34. The highest BCUT2D eigenvalue weighted by molar-refractivity contribution is 8.00. The highest BCUT2D eigenvalue weighted by atomic mass is 32.2. The van der Waals surface area contributed by atoms with Gasteiger partial charge in [0.05, 0.1) is 10.8 Å². The predicted molar refractivity (Wildman–Crippen MR) is 95.3 cm³/mol. The first-order valence-corrected chi connectivity index (χ1v) is 9.81. The standard InChI is InChI=1S/C16H21N3O2S2/c1-3-19-15(21)13-12(8-9-22-13)18-16(19)23-10(2)14(20)17-11-6-4-5-7-11/h8-11H,3-7H2,1-2H3,(H,17,20). The summed E-state index contributed by atoms with van der Waals surface area (Å²) in [5.74, 6) is 0.0317. The zero-order valence-electron chi connectivity index (χ0n) is 13.4. The maximum atomic E-state index is 12.5.